The Kier molecular flexibility index (Phi) is 4.87. The van der Waals surface area contributed by atoms with E-state index >= 15 is 0 Å². The molecule has 0 amide bonds. The summed E-state index contributed by atoms with van der Waals surface area (Å²) in [4.78, 5) is 0. The first-order valence-electron chi connectivity index (χ1n) is 5.68. The molecule has 0 aliphatic rings. The number of nitrogens with one attached hydrogen (secondary N) is 1. The van der Waals surface area contributed by atoms with Gasteiger partial charge in [-0.1, -0.05) is 6.07 Å². The number of nitrogens with two attached hydrogens (primary N) is 1. The molecule has 2 rings (SSSR count). The lowest BCUT2D eigenvalue weighted by Gasteiger charge is -2.14. The fraction of sp³-hybridized carbons (Fsp3) is 0.231. The zero-order chi connectivity index (χ0) is 13.8. The van der Waals surface area contributed by atoms with E-state index in [1.165, 1.54) is 0 Å². The average molecular weight is 346 g/mol. The molecule has 0 fully saturated rings. The zero-order valence-corrected chi connectivity index (χ0v) is 12.7. The van der Waals surface area contributed by atoms with Crippen LogP contribution in [0.5, 0.6) is 5.75 Å². The summed E-state index contributed by atoms with van der Waals surface area (Å²) in [7, 11) is 1.63. The van der Waals surface area contributed by atoms with E-state index in [9.17, 15) is 0 Å². The van der Waals surface area contributed by atoms with Gasteiger partial charge in [-0.2, -0.15) is 0 Å². The molecule has 0 saturated carbocycles. The second-order valence-electron chi connectivity index (χ2n) is 4.03. The summed E-state index contributed by atoms with van der Waals surface area (Å²) in [6, 6.07) is 9.26. The molecule has 1 unspecified atom stereocenters. The highest BCUT2D eigenvalue weighted by atomic mass is 79.9. The maximum Gasteiger partial charge on any atom is 0.193 e. The van der Waals surface area contributed by atoms with Gasteiger partial charge in [0.15, 0.2) is 5.22 Å². The van der Waals surface area contributed by atoms with Crippen LogP contribution in [0.25, 0.3) is 0 Å². The first-order chi connectivity index (χ1) is 9.13. The Balaban J connectivity index is 2.16. The van der Waals surface area contributed by atoms with Gasteiger partial charge in [-0.15, -0.1) is 0 Å². The molecule has 19 heavy (non-hydrogen) atoms. The molecule has 4 nitrogen and oxygen atoms in total. The second kappa shape index (κ2) is 6.43. The molecular weight excluding hydrogens is 332 g/mol. The number of ether oxygens (including phenoxy) is 1. The fourth-order valence-electron chi connectivity index (χ4n) is 1.83. The van der Waals surface area contributed by atoms with Crippen molar-refractivity contribution in [3.63, 3.8) is 0 Å². The third-order valence-corrected chi connectivity index (χ3v) is 3.62. The highest BCUT2D eigenvalue weighted by Crippen LogP contribution is 2.28. The van der Waals surface area contributed by atoms with Crippen molar-refractivity contribution in [3.05, 3.63) is 51.3 Å². The van der Waals surface area contributed by atoms with E-state index in [1.54, 1.807) is 13.2 Å². The number of hydrogen-bond donors (Lipinski definition) is 2. The molecule has 1 aromatic carbocycles. The summed E-state index contributed by atoms with van der Waals surface area (Å²) < 4.78 is 11.5. The lowest BCUT2D eigenvalue weighted by molar-refractivity contribution is 0.409. The fourth-order valence-corrected chi connectivity index (χ4v) is 2.57. The van der Waals surface area contributed by atoms with Crippen LogP contribution in [0.3, 0.4) is 0 Å². The molecule has 0 aliphatic carbocycles. The molecule has 0 bridgehead atoms. The van der Waals surface area contributed by atoms with Gasteiger partial charge >= 0.3 is 0 Å². The van der Waals surface area contributed by atoms with Crippen LogP contribution in [0, 0.1) is 0 Å². The molecule has 1 atom stereocenters. The molecular formula is C13H14BrClN2O2. The number of methoxy groups -OCH3 is 1. The minimum Gasteiger partial charge on any atom is -0.496 e. The normalized spacial score (nSPS) is 12.4. The molecule has 0 radical (unpaired) electrons. The van der Waals surface area contributed by atoms with E-state index in [2.05, 4.69) is 21.4 Å². The van der Waals surface area contributed by atoms with Crippen molar-refractivity contribution < 1.29 is 9.15 Å². The van der Waals surface area contributed by atoms with Gasteiger partial charge in [-0.25, -0.2) is 5.43 Å². The Bertz CT molecular complexity index is 559. The van der Waals surface area contributed by atoms with Crippen LogP contribution < -0.4 is 16.0 Å². The molecule has 0 spiro atoms. The molecule has 1 heterocycles. The molecule has 102 valence electrons. The topological polar surface area (TPSA) is 60.4 Å². The standard InChI is InChI=1S/C13H14BrClN2O2/c1-18-11-3-2-8(6-9(11)14)7-10(17-16)12-4-5-13(15)19-12/h2-6,10,17H,7,16H2,1H3. The summed E-state index contributed by atoms with van der Waals surface area (Å²) in [5.41, 5.74) is 3.83. The van der Waals surface area contributed by atoms with Crippen LogP contribution >= 0.6 is 27.5 Å². The second-order valence-corrected chi connectivity index (χ2v) is 5.26. The number of hydrazine groups is 1. The largest absolute Gasteiger partial charge is 0.496 e. The summed E-state index contributed by atoms with van der Waals surface area (Å²) >= 11 is 9.23. The Morgan fingerprint density at radius 2 is 2.21 bits per heavy atom. The third kappa shape index (κ3) is 3.51. The van der Waals surface area contributed by atoms with E-state index in [0.29, 0.717) is 17.4 Å². The van der Waals surface area contributed by atoms with E-state index < -0.39 is 0 Å². The zero-order valence-electron chi connectivity index (χ0n) is 10.3. The lowest BCUT2D eigenvalue weighted by Crippen LogP contribution is -2.29. The van der Waals surface area contributed by atoms with Crippen LogP contribution in [0.15, 0.2) is 39.2 Å². The smallest absolute Gasteiger partial charge is 0.193 e. The number of benzene rings is 1. The van der Waals surface area contributed by atoms with Gasteiger partial charge in [0.25, 0.3) is 0 Å². The van der Waals surface area contributed by atoms with Gasteiger partial charge in [0.2, 0.25) is 0 Å². The van der Waals surface area contributed by atoms with Crippen molar-refractivity contribution in [1.29, 1.82) is 0 Å². The quantitative estimate of drug-likeness (QED) is 0.643. The maximum atomic E-state index is 5.77. The summed E-state index contributed by atoms with van der Waals surface area (Å²) in [5, 5.41) is 0.353. The van der Waals surface area contributed by atoms with Crippen molar-refractivity contribution in [2.75, 3.05) is 7.11 Å². The molecule has 2 aromatic rings. The van der Waals surface area contributed by atoms with Gasteiger partial charge in [0.05, 0.1) is 17.6 Å². The third-order valence-electron chi connectivity index (χ3n) is 2.79. The molecule has 0 saturated heterocycles. The van der Waals surface area contributed by atoms with Crippen molar-refractivity contribution in [2.45, 2.75) is 12.5 Å². The number of halogens is 2. The predicted octanol–water partition coefficient (Wildman–Crippen LogP) is 3.45. The number of furan rings is 1. The van der Waals surface area contributed by atoms with Crippen molar-refractivity contribution in [1.82, 2.24) is 5.43 Å². The summed E-state index contributed by atoms with van der Waals surface area (Å²) in [6.45, 7) is 0. The van der Waals surface area contributed by atoms with Crippen LogP contribution in [-0.2, 0) is 6.42 Å². The Hall–Kier alpha value is -1.01. The molecule has 1 aromatic heterocycles. The van der Waals surface area contributed by atoms with Gasteiger partial charge < -0.3 is 9.15 Å². The molecule has 0 aliphatic heterocycles. The van der Waals surface area contributed by atoms with Crippen molar-refractivity contribution >= 4 is 27.5 Å². The minimum absolute atomic E-state index is 0.132. The predicted molar refractivity (Wildman–Crippen MR) is 78.2 cm³/mol. The lowest BCUT2D eigenvalue weighted by atomic mass is 10.0. The Morgan fingerprint density at radius 3 is 2.74 bits per heavy atom. The molecule has 6 heteroatoms. The SMILES string of the molecule is COc1ccc(CC(NN)c2ccc(Cl)o2)cc1Br. The summed E-state index contributed by atoms with van der Waals surface area (Å²) in [6.07, 6.45) is 0.683. The van der Waals surface area contributed by atoms with Crippen molar-refractivity contribution in [3.8, 4) is 5.75 Å². The van der Waals surface area contributed by atoms with Crippen LogP contribution in [0.4, 0.5) is 0 Å². The van der Waals surface area contributed by atoms with Crippen LogP contribution in [0.2, 0.25) is 5.22 Å². The van der Waals surface area contributed by atoms with Crippen LogP contribution in [-0.4, -0.2) is 7.11 Å². The van der Waals surface area contributed by atoms with Crippen molar-refractivity contribution in [2.24, 2.45) is 5.84 Å². The molecule has 3 N–H and O–H groups in total. The van der Waals surface area contributed by atoms with Gasteiger partial charge in [-0.3, -0.25) is 5.84 Å². The van der Waals surface area contributed by atoms with Gasteiger partial charge in [0.1, 0.15) is 11.5 Å². The highest BCUT2D eigenvalue weighted by Gasteiger charge is 2.15. The van der Waals surface area contributed by atoms with Crippen LogP contribution in [0.1, 0.15) is 17.4 Å². The van der Waals surface area contributed by atoms with Gasteiger partial charge in [-0.05, 0) is 63.8 Å². The maximum absolute atomic E-state index is 5.77. The highest BCUT2D eigenvalue weighted by molar-refractivity contribution is 9.10. The average Bonchev–Trinajstić information content (AvgIpc) is 2.82. The Labute approximate surface area is 125 Å². The van der Waals surface area contributed by atoms with E-state index in [1.807, 2.05) is 24.3 Å². The van der Waals surface area contributed by atoms with E-state index in [-0.39, 0.29) is 6.04 Å². The number of rotatable bonds is 5. The Morgan fingerprint density at radius 1 is 1.42 bits per heavy atom. The van der Waals surface area contributed by atoms with E-state index in [0.717, 1.165) is 15.8 Å². The monoisotopic (exact) mass is 344 g/mol. The van der Waals surface area contributed by atoms with Gasteiger partial charge in [0, 0.05) is 0 Å². The first kappa shape index (κ1) is 14.4. The summed E-state index contributed by atoms with van der Waals surface area (Å²) in [5.74, 6) is 7.07. The first-order valence-corrected chi connectivity index (χ1v) is 6.85. The van der Waals surface area contributed by atoms with E-state index in [4.69, 9.17) is 26.6 Å². The number of hydrogen-bond acceptors (Lipinski definition) is 4. The minimum atomic E-state index is -0.132.